The molecule has 1 atom stereocenters. The van der Waals surface area contributed by atoms with E-state index in [9.17, 15) is 4.79 Å². The first-order chi connectivity index (χ1) is 10.7. The Kier molecular flexibility index (Phi) is 3.48. The van der Waals surface area contributed by atoms with E-state index in [0.29, 0.717) is 18.3 Å². The van der Waals surface area contributed by atoms with Gasteiger partial charge in [-0.3, -0.25) is 4.79 Å². The van der Waals surface area contributed by atoms with Crippen molar-refractivity contribution in [1.82, 2.24) is 15.0 Å². The second kappa shape index (κ2) is 5.50. The molecule has 1 saturated heterocycles. The average molecular weight is 317 g/mol. The minimum absolute atomic E-state index is 0.167. The first kappa shape index (κ1) is 13.9. The predicted molar refractivity (Wildman–Crippen MR) is 83.3 cm³/mol. The van der Waals surface area contributed by atoms with Crippen LogP contribution >= 0.6 is 11.3 Å². The van der Waals surface area contributed by atoms with Crippen molar-refractivity contribution >= 4 is 17.2 Å². The van der Waals surface area contributed by atoms with Gasteiger partial charge in [0.25, 0.3) is 5.91 Å². The third-order valence-electron chi connectivity index (χ3n) is 4.56. The molecule has 4 rings (SSSR count). The van der Waals surface area contributed by atoms with Crippen molar-refractivity contribution in [1.29, 1.82) is 0 Å². The van der Waals surface area contributed by atoms with E-state index in [2.05, 4.69) is 16.2 Å². The van der Waals surface area contributed by atoms with Crippen molar-refractivity contribution in [3.8, 4) is 0 Å². The van der Waals surface area contributed by atoms with Crippen molar-refractivity contribution in [3.05, 3.63) is 33.1 Å². The highest BCUT2D eigenvalue weighted by Gasteiger charge is 2.30. The summed E-state index contributed by atoms with van der Waals surface area (Å²) in [5, 5.41) is 3.87. The van der Waals surface area contributed by atoms with E-state index in [0.717, 1.165) is 37.1 Å². The second-order valence-corrected chi connectivity index (χ2v) is 7.32. The monoisotopic (exact) mass is 317 g/mol. The summed E-state index contributed by atoms with van der Waals surface area (Å²) in [7, 11) is 0. The maximum atomic E-state index is 12.8. The lowest BCUT2D eigenvalue weighted by Gasteiger charge is -2.30. The lowest BCUT2D eigenvalue weighted by molar-refractivity contribution is 0.0700. The van der Waals surface area contributed by atoms with Crippen LogP contribution in [0.2, 0.25) is 0 Å². The molecular weight excluding hydrogens is 298 g/mol. The predicted octanol–water partition coefficient (Wildman–Crippen LogP) is 2.95. The van der Waals surface area contributed by atoms with Crippen molar-refractivity contribution in [2.45, 2.75) is 44.9 Å². The fourth-order valence-corrected chi connectivity index (χ4v) is 4.65. The van der Waals surface area contributed by atoms with Crippen LogP contribution < -0.4 is 0 Å². The van der Waals surface area contributed by atoms with E-state index in [-0.39, 0.29) is 11.8 Å². The molecule has 5 nitrogen and oxygen atoms in total. The zero-order valence-corrected chi connectivity index (χ0v) is 13.5. The van der Waals surface area contributed by atoms with Gasteiger partial charge in [0, 0.05) is 18.0 Å². The molecule has 3 heterocycles. The molecule has 0 saturated carbocycles. The first-order valence-corrected chi connectivity index (χ1v) is 8.73. The van der Waals surface area contributed by atoms with E-state index in [1.54, 1.807) is 11.3 Å². The molecule has 1 aliphatic heterocycles. The van der Waals surface area contributed by atoms with E-state index in [1.807, 2.05) is 11.8 Å². The Labute approximate surface area is 133 Å². The van der Waals surface area contributed by atoms with Gasteiger partial charge in [-0.15, -0.1) is 11.3 Å². The lowest BCUT2D eigenvalue weighted by atomic mass is 9.98. The van der Waals surface area contributed by atoms with Gasteiger partial charge in [0.2, 0.25) is 5.89 Å². The molecule has 1 amide bonds. The number of hydrogen-bond acceptors (Lipinski definition) is 5. The number of carbonyl (C=O) groups is 1. The number of likely N-dealkylation sites (tertiary alicyclic amines) is 1. The van der Waals surface area contributed by atoms with Crippen LogP contribution in [0.3, 0.4) is 0 Å². The molecule has 0 spiro atoms. The minimum Gasteiger partial charge on any atom is -0.339 e. The Balaban J connectivity index is 1.50. The highest BCUT2D eigenvalue weighted by Crippen LogP contribution is 2.33. The van der Waals surface area contributed by atoms with Gasteiger partial charge in [0.05, 0.1) is 10.8 Å². The Morgan fingerprint density at radius 2 is 2.32 bits per heavy atom. The topological polar surface area (TPSA) is 59.2 Å². The standard InChI is InChI=1S/C16H19N3O2S/c1-10-17-15(21-18-10)12-5-3-7-19(9-12)16(20)14-8-11-4-2-6-13(11)22-14/h8,12H,2-7,9H2,1H3. The third-order valence-corrected chi connectivity index (χ3v) is 5.78. The normalized spacial score (nSPS) is 21.1. The third kappa shape index (κ3) is 2.45. The highest BCUT2D eigenvalue weighted by atomic mass is 32.1. The SMILES string of the molecule is Cc1noc(C2CCCN(C(=O)c3cc4c(s3)CCC4)C2)n1. The largest absolute Gasteiger partial charge is 0.339 e. The summed E-state index contributed by atoms with van der Waals surface area (Å²) >= 11 is 1.68. The van der Waals surface area contributed by atoms with E-state index < -0.39 is 0 Å². The van der Waals surface area contributed by atoms with E-state index in [4.69, 9.17) is 4.52 Å². The van der Waals surface area contributed by atoms with E-state index in [1.165, 1.54) is 16.9 Å². The van der Waals surface area contributed by atoms with E-state index >= 15 is 0 Å². The molecule has 2 aromatic heterocycles. The average Bonchev–Trinajstić information content (AvgIpc) is 3.21. The van der Waals surface area contributed by atoms with Crippen LogP contribution in [0.1, 0.15) is 57.0 Å². The first-order valence-electron chi connectivity index (χ1n) is 7.92. The Hall–Kier alpha value is -1.69. The smallest absolute Gasteiger partial charge is 0.263 e. The summed E-state index contributed by atoms with van der Waals surface area (Å²) in [4.78, 5) is 21.3. The van der Waals surface area contributed by atoms with Crippen LogP contribution in [-0.2, 0) is 12.8 Å². The summed E-state index contributed by atoms with van der Waals surface area (Å²) in [5.74, 6) is 1.67. The van der Waals surface area contributed by atoms with Crippen molar-refractivity contribution in [2.24, 2.45) is 0 Å². The van der Waals surface area contributed by atoms with Gasteiger partial charge in [-0.1, -0.05) is 5.16 Å². The van der Waals surface area contributed by atoms with Crippen LogP contribution in [0, 0.1) is 6.92 Å². The number of thiophene rings is 1. The van der Waals surface area contributed by atoms with Gasteiger partial charge in [-0.2, -0.15) is 4.98 Å². The maximum Gasteiger partial charge on any atom is 0.263 e. The molecule has 22 heavy (non-hydrogen) atoms. The zero-order valence-electron chi connectivity index (χ0n) is 12.7. The summed E-state index contributed by atoms with van der Waals surface area (Å²) < 4.78 is 5.29. The number of carbonyl (C=O) groups excluding carboxylic acids is 1. The fraction of sp³-hybridized carbons (Fsp3) is 0.562. The van der Waals surface area contributed by atoms with Gasteiger partial charge >= 0.3 is 0 Å². The Bertz CT molecular complexity index is 685. The lowest BCUT2D eigenvalue weighted by Crippen LogP contribution is -2.38. The molecule has 0 radical (unpaired) electrons. The van der Waals surface area contributed by atoms with Gasteiger partial charge in [0.15, 0.2) is 5.82 Å². The zero-order chi connectivity index (χ0) is 15.1. The number of aromatic nitrogens is 2. The summed E-state index contributed by atoms with van der Waals surface area (Å²) in [5.41, 5.74) is 1.38. The summed E-state index contributed by atoms with van der Waals surface area (Å²) in [6.07, 6.45) is 5.49. The van der Waals surface area contributed by atoms with Crippen LogP contribution in [0.4, 0.5) is 0 Å². The maximum absolute atomic E-state index is 12.8. The Morgan fingerprint density at radius 1 is 1.41 bits per heavy atom. The summed E-state index contributed by atoms with van der Waals surface area (Å²) in [6.45, 7) is 3.33. The number of fused-ring (bicyclic) bond motifs is 1. The van der Waals surface area contributed by atoms with Crippen LogP contribution in [0.15, 0.2) is 10.6 Å². The van der Waals surface area contributed by atoms with Gasteiger partial charge in [-0.05, 0) is 50.7 Å². The van der Waals surface area contributed by atoms with Gasteiger partial charge in [-0.25, -0.2) is 0 Å². The fourth-order valence-electron chi connectivity index (χ4n) is 3.43. The van der Waals surface area contributed by atoms with Gasteiger partial charge in [0.1, 0.15) is 0 Å². The van der Waals surface area contributed by atoms with Crippen molar-refractivity contribution < 1.29 is 9.32 Å². The molecule has 0 bridgehead atoms. The molecule has 2 aromatic rings. The molecular formula is C16H19N3O2S. The number of hydrogen-bond donors (Lipinski definition) is 0. The molecule has 1 fully saturated rings. The number of rotatable bonds is 2. The quantitative estimate of drug-likeness (QED) is 0.854. The minimum atomic E-state index is 0.167. The van der Waals surface area contributed by atoms with Crippen LogP contribution in [-0.4, -0.2) is 34.0 Å². The molecule has 6 heteroatoms. The molecule has 2 aliphatic rings. The molecule has 116 valence electrons. The summed E-state index contributed by atoms with van der Waals surface area (Å²) in [6, 6.07) is 2.11. The van der Waals surface area contributed by atoms with Crippen molar-refractivity contribution in [2.75, 3.05) is 13.1 Å². The molecule has 0 N–H and O–H groups in total. The molecule has 0 aromatic carbocycles. The molecule has 1 unspecified atom stereocenters. The van der Waals surface area contributed by atoms with Gasteiger partial charge < -0.3 is 9.42 Å². The second-order valence-electron chi connectivity index (χ2n) is 6.18. The van der Waals surface area contributed by atoms with Crippen LogP contribution in [0.25, 0.3) is 0 Å². The number of piperidine rings is 1. The number of aryl methyl sites for hydroxylation is 3. The molecule has 1 aliphatic carbocycles. The number of nitrogens with zero attached hydrogens (tertiary/aromatic N) is 3. The van der Waals surface area contributed by atoms with Crippen LogP contribution in [0.5, 0.6) is 0 Å². The Morgan fingerprint density at radius 3 is 3.09 bits per heavy atom. The highest BCUT2D eigenvalue weighted by molar-refractivity contribution is 7.14. The van der Waals surface area contributed by atoms with Crippen molar-refractivity contribution in [3.63, 3.8) is 0 Å². The number of amides is 1.